The minimum atomic E-state index is 0.0947. The zero-order valence-electron chi connectivity index (χ0n) is 14.1. The minimum Gasteiger partial charge on any atom is -0.395 e. The third kappa shape index (κ3) is 3.83. The number of Topliss-reactive ketones (excluding diaryl/α,β-unsaturated/α-hetero) is 1. The Morgan fingerprint density at radius 3 is 1.96 bits per heavy atom. The average molecular weight is 324 g/mol. The van der Waals surface area contributed by atoms with E-state index in [9.17, 15) is 4.79 Å². The molecule has 4 nitrogen and oxygen atoms in total. The first-order chi connectivity index (χ1) is 11.7. The van der Waals surface area contributed by atoms with E-state index in [1.54, 1.807) is 6.92 Å². The van der Waals surface area contributed by atoms with E-state index >= 15 is 0 Å². The summed E-state index contributed by atoms with van der Waals surface area (Å²) in [6.07, 6.45) is 0. The number of aliphatic hydroxyl groups is 1. The number of piperazine rings is 1. The summed E-state index contributed by atoms with van der Waals surface area (Å²) >= 11 is 0. The first-order valence-corrected chi connectivity index (χ1v) is 8.47. The largest absolute Gasteiger partial charge is 0.395 e. The van der Waals surface area contributed by atoms with Crippen molar-refractivity contribution in [3.8, 4) is 11.1 Å². The van der Waals surface area contributed by atoms with Gasteiger partial charge in [-0.1, -0.05) is 36.4 Å². The topological polar surface area (TPSA) is 43.8 Å². The molecule has 0 aliphatic carbocycles. The van der Waals surface area contributed by atoms with E-state index in [2.05, 4.69) is 34.1 Å². The van der Waals surface area contributed by atoms with Crippen molar-refractivity contribution < 1.29 is 9.90 Å². The number of hydrogen-bond acceptors (Lipinski definition) is 4. The lowest BCUT2D eigenvalue weighted by Gasteiger charge is -2.35. The highest BCUT2D eigenvalue weighted by atomic mass is 16.3. The van der Waals surface area contributed by atoms with Gasteiger partial charge in [0.15, 0.2) is 5.78 Å². The highest BCUT2D eigenvalue weighted by Crippen LogP contribution is 2.24. The summed E-state index contributed by atoms with van der Waals surface area (Å²) in [4.78, 5) is 16.0. The van der Waals surface area contributed by atoms with Crippen LogP contribution in [0.25, 0.3) is 11.1 Å². The number of hydrogen-bond donors (Lipinski definition) is 1. The van der Waals surface area contributed by atoms with Gasteiger partial charge in [0.2, 0.25) is 0 Å². The third-order valence-electron chi connectivity index (χ3n) is 4.65. The molecular weight excluding hydrogens is 300 g/mol. The van der Waals surface area contributed by atoms with Crippen LogP contribution in [-0.2, 0) is 0 Å². The average Bonchev–Trinajstić information content (AvgIpc) is 2.63. The number of carbonyl (C=O) groups excluding carboxylic acids is 1. The van der Waals surface area contributed by atoms with Gasteiger partial charge in [0.25, 0.3) is 0 Å². The molecule has 2 aromatic rings. The van der Waals surface area contributed by atoms with E-state index in [1.165, 1.54) is 5.69 Å². The normalized spacial score (nSPS) is 15.5. The number of ketones is 1. The van der Waals surface area contributed by atoms with Crippen LogP contribution < -0.4 is 4.90 Å². The van der Waals surface area contributed by atoms with Gasteiger partial charge in [-0.3, -0.25) is 9.69 Å². The Morgan fingerprint density at radius 2 is 1.46 bits per heavy atom. The Bertz CT molecular complexity index is 672. The predicted molar refractivity (Wildman–Crippen MR) is 97.6 cm³/mol. The molecule has 1 saturated heterocycles. The van der Waals surface area contributed by atoms with Gasteiger partial charge in [0, 0.05) is 44.0 Å². The Balaban J connectivity index is 1.66. The highest BCUT2D eigenvalue weighted by molar-refractivity contribution is 5.94. The van der Waals surface area contributed by atoms with E-state index in [0.717, 1.165) is 49.4 Å². The molecule has 0 spiro atoms. The molecule has 0 atom stereocenters. The van der Waals surface area contributed by atoms with Crippen LogP contribution in [0, 0.1) is 0 Å². The Morgan fingerprint density at radius 1 is 0.917 bits per heavy atom. The van der Waals surface area contributed by atoms with Crippen LogP contribution in [0.1, 0.15) is 17.3 Å². The van der Waals surface area contributed by atoms with Crippen LogP contribution in [0.5, 0.6) is 0 Å². The lowest BCUT2D eigenvalue weighted by Crippen LogP contribution is -2.47. The van der Waals surface area contributed by atoms with Gasteiger partial charge >= 0.3 is 0 Å². The van der Waals surface area contributed by atoms with Crippen molar-refractivity contribution in [1.29, 1.82) is 0 Å². The number of rotatable bonds is 5. The zero-order valence-corrected chi connectivity index (χ0v) is 14.1. The van der Waals surface area contributed by atoms with Gasteiger partial charge in [0.05, 0.1) is 6.61 Å². The van der Waals surface area contributed by atoms with E-state index in [4.69, 9.17) is 5.11 Å². The molecule has 0 saturated carbocycles. The maximum atomic E-state index is 11.4. The molecule has 2 aromatic carbocycles. The summed E-state index contributed by atoms with van der Waals surface area (Å²) < 4.78 is 0. The lowest BCUT2D eigenvalue weighted by atomic mass is 10.0. The number of β-amino-alcohol motifs (C(OH)–C–C–N with tert-alkyl or cyclic N) is 1. The molecule has 126 valence electrons. The van der Waals surface area contributed by atoms with Crippen molar-refractivity contribution >= 4 is 11.5 Å². The molecule has 0 amide bonds. The van der Waals surface area contributed by atoms with E-state index in [0.29, 0.717) is 0 Å². The van der Waals surface area contributed by atoms with Gasteiger partial charge < -0.3 is 10.0 Å². The Kier molecular flexibility index (Phi) is 5.28. The van der Waals surface area contributed by atoms with Gasteiger partial charge in [-0.05, 0) is 30.2 Å². The van der Waals surface area contributed by atoms with Crippen molar-refractivity contribution in [3.63, 3.8) is 0 Å². The van der Waals surface area contributed by atoms with Crippen LogP contribution in [0.3, 0.4) is 0 Å². The monoisotopic (exact) mass is 324 g/mol. The number of aliphatic hydroxyl groups excluding tert-OH is 1. The first-order valence-electron chi connectivity index (χ1n) is 8.47. The molecule has 1 aliphatic rings. The standard InChI is InChI=1S/C20H24N2O2/c1-16(24)17-2-4-18(5-3-17)19-6-8-20(9-7-19)22-12-10-21(11-13-22)14-15-23/h2-9,23H,10-15H2,1H3. The number of carbonyl (C=O) groups is 1. The molecule has 0 bridgehead atoms. The SMILES string of the molecule is CC(=O)c1ccc(-c2ccc(N3CCN(CCO)CC3)cc2)cc1. The van der Waals surface area contributed by atoms with E-state index in [1.807, 2.05) is 24.3 Å². The van der Waals surface area contributed by atoms with Crippen LogP contribution in [0.4, 0.5) is 5.69 Å². The van der Waals surface area contributed by atoms with Crippen molar-refractivity contribution in [2.24, 2.45) is 0 Å². The molecule has 1 aliphatic heterocycles. The fraction of sp³-hybridized carbons (Fsp3) is 0.350. The van der Waals surface area contributed by atoms with Crippen LogP contribution in [0.2, 0.25) is 0 Å². The quantitative estimate of drug-likeness (QED) is 0.859. The van der Waals surface area contributed by atoms with Gasteiger partial charge in [-0.2, -0.15) is 0 Å². The second-order valence-corrected chi connectivity index (χ2v) is 6.23. The Labute approximate surface area is 143 Å². The third-order valence-corrected chi connectivity index (χ3v) is 4.65. The number of nitrogens with zero attached hydrogens (tertiary/aromatic N) is 2. The van der Waals surface area contributed by atoms with Crippen molar-refractivity contribution in [1.82, 2.24) is 4.90 Å². The summed E-state index contributed by atoms with van der Waals surface area (Å²) in [5, 5.41) is 9.01. The lowest BCUT2D eigenvalue weighted by molar-refractivity contribution is 0.101. The summed E-state index contributed by atoms with van der Waals surface area (Å²) in [6.45, 7) is 6.56. The summed E-state index contributed by atoms with van der Waals surface area (Å²) in [7, 11) is 0. The van der Waals surface area contributed by atoms with Gasteiger partial charge in [-0.15, -0.1) is 0 Å². The zero-order chi connectivity index (χ0) is 16.9. The van der Waals surface area contributed by atoms with Crippen molar-refractivity contribution in [2.45, 2.75) is 6.92 Å². The van der Waals surface area contributed by atoms with Crippen LogP contribution >= 0.6 is 0 Å². The molecule has 0 unspecified atom stereocenters. The molecular formula is C20H24N2O2. The fourth-order valence-corrected chi connectivity index (χ4v) is 3.13. The fourth-order valence-electron chi connectivity index (χ4n) is 3.13. The summed E-state index contributed by atoms with van der Waals surface area (Å²) in [5.41, 5.74) is 4.27. The number of anilines is 1. The minimum absolute atomic E-state index is 0.0947. The second kappa shape index (κ2) is 7.60. The molecule has 4 heteroatoms. The summed E-state index contributed by atoms with van der Waals surface area (Å²) in [6, 6.07) is 16.4. The van der Waals surface area contributed by atoms with Crippen molar-refractivity contribution in [3.05, 3.63) is 54.1 Å². The number of benzene rings is 2. The Hall–Kier alpha value is -2.17. The molecule has 24 heavy (non-hydrogen) atoms. The molecule has 0 aromatic heterocycles. The van der Waals surface area contributed by atoms with Gasteiger partial charge in [0.1, 0.15) is 0 Å². The second-order valence-electron chi connectivity index (χ2n) is 6.23. The molecule has 3 rings (SSSR count). The van der Waals surface area contributed by atoms with E-state index in [-0.39, 0.29) is 12.4 Å². The highest BCUT2D eigenvalue weighted by Gasteiger charge is 2.16. The molecule has 1 N–H and O–H groups in total. The molecule has 1 fully saturated rings. The maximum absolute atomic E-state index is 11.4. The predicted octanol–water partition coefficient (Wildman–Crippen LogP) is 2.67. The smallest absolute Gasteiger partial charge is 0.159 e. The van der Waals surface area contributed by atoms with Crippen LogP contribution in [0.15, 0.2) is 48.5 Å². The molecule has 1 heterocycles. The summed E-state index contributed by atoms with van der Waals surface area (Å²) in [5.74, 6) is 0.0947. The van der Waals surface area contributed by atoms with E-state index < -0.39 is 0 Å². The van der Waals surface area contributed by atoms with Crippen molar-refractivity contribution in [2.75, 3.05) is 44.2 Å². The molecule has 0 radical (unpaired) electrons. The first kappa shape index (κ1) is 16.7. The van der Waals surface area contributed by atoms with Gasteiger partial charge in [-0.25, -0.2) is 0 Å². The maximum Gasteiger partial charge on any atom is 0.159 e. The van der Waals surface area contributed by atoms with Crippen LogP contribution in [-0.4, -0.2) is 55.1 Å².